The Morgan fingerprint density at radius 1 is 1.22 bits per heavy atom. The molecule has 0 radical (unpaired) electrons. The molecule has 2 aromatic rings. The van der Waals surface area contributed by atoms with Crippen molar-refractivity contribution in [3.63, 3.8) is 0 Å². The predicted molar refractivity (Wildman–Crippen MR) is 106 cm³/mol. The van der Waals surface area contributed by atoms with E-state index in [1.807, 2.05) is 30.5 Å². The van der Waals surface area contributed by atoms with E-state index < -0.39 is 35.0 Å². The number of rotatable bonds is 7. The Balaban J connectivity index is 2.18. The lowest BCUT2D eigenvalue weighted by Crippen LogP contribution is -2.67. The van der Waals surface area contributed by atoms with E-state index in [2.05, 4.69) is 10.3 Å². The summed E-state index contributed by atoms with van der Waals surface area (Å²) in [5.41, 5.74) is 12.2. The van der Waals surface area contributed by atoms with Crippen molar-refractivity contribution >= 4 is 22.7 Å². The predicted octanol–water partition coefficient (Wildman–Crippen LogP) is 1.25. The SMILES string of the molecule is CNC(C(=O)OC(C)(C)C)C(C)(N)C(=O)[C@@H](N)Cc1c[nH]c2ccccc12. The van der Waals surface area contributed by atoms with Crippen LogP contribution in [-0.2, 0) is 20.7 Å². The van der Waals surface area contributed by atoms with Crippen molar-refractivity contribution in [2.75, 3.05) is 7.05 Å². The van der Waals surface area contributed by atoms with Crippen LogP contribution in [-0.4, -0.2) is 47.0 Å². The summed E-state index contributed by atoms with van der Waals surface area (Å²) in [5.74, 6) is -0.986. The van der Waals surface area contributed by atoms with Crippen LogP contribution in [0.4, 0.5) is 0 Å². The van der Waals surface area contributed by atoms with Gasteiger partial charge in [0.2, 0.25) is 0 Å². The summed E-state index contributed by atoms with van der Waals surface area (Å²) in [4.78, 5) is 28.6. The zero-order chi connectivity index (χ0) is 20.4. The Morgan fingerprint density at radius 3 is 2.44 bits per heavy atom. The summed E-state index contributed by atoms with van der Waals surface area (Å²) < 4.78 is 5.39. The number of aromatic amines is 1. The number of carbonyl (C=O) groups is 2. The van der Waals surface area contributed by atoms with Gasteiger partial charge in [-0.05, 0) is 52.8 Å². The Bertz CT molecular complexity index is 820. The van der Waals surface area contributed by atoms with Crippen molar-refractivity contribution < 1.29 is 14.3 Å². The molecule has 0 fully saturated rings. The number of para-hydroxylation sites is 1. The van der Waals surface area contributed by atoms with Gasteiger partial charge in [-0.3, -0.25) is 9.59 Å². The van der Waals surface area contributed by atoms with Crippen LogP contribution in [0.3, 0.4) is 0 Å². The molecule has 3 atom stereocenters. The minimum absolute atomic E-state index is 0.320. The highest BCUT2D eigenvalue weighted by Crippen LogP contribution is 2.21. The molecule has 148 valence electrons. The third kappa shape index (κ3) is 4.74. The topological polar surface area (TPSA) is 123 Å². The zero-order valence-electron chi connectivity index (χ0n) is 16.6. The van der Waals surface area contributed by atoms with Gasteiger partial charge in [0.05, 0.1) is 6.04 Å². The van der Waals surface area contributed by atoms with Crippen LogP contribution < -0.4 is 16.8 Å². The number of fused-ring (bicyclic) bond motifs is 1. The average Bonchev–Trinajstić information content (AvgIpc) is 2.96. The van der Waals surface area contributed by atoms with E-state index in [1.54, 1.807) is 27.8 Å². The van der Waals surface area contributed by atoms with Crippen LogP contribution in [0.15, 0.2) is 30.5 Å². The van der Waals surface area contributed by atoms with E-state index in [4.69, 9.17) is 16.2 Å². The van der Waals surface area contributed by atoms with Crippen LogP contribution in [0.25, 0.3) is 10.9 Å². The third-order valence-corrected chi connectivity index (χ3v) is 4.51. The van der Waals surface area contributed by atoms with Gasteiger partial charge in [-0.15, -0.1) is 0 Å². The van der Waals surface area contributed by atoms with E-state index in [0.29, 0.717) is 6.42 Å². The first-order valence-electron chi connectivity index (χ1n) is 9.01. The molecule has 7 heteroatoms. The highest BCUT2D eigenvalue weighted by atomic mass is 16.6. The summed E-state index contributed by atoms with van der Waals surface area (Å²) in [7, 11) is 1.57. The van der Waals surface area contributed by atoms with Crippen molar-refractivity contribution in [3.05, 3.63) is 36.0 Å². The fourth-order valence-corrected chi connectivity index (χ4v) is 3.20. The van der Waals surface area contributed by atoms with E-state index in [-0.39, 0.29) is 0 Å². The molecule has 0 saturated heterocycles. The molecule has 1 heterocycles. The zero-order valence-corrected chi connectivity index (χ0v) is 16.6. The maximum Gasteiger partial charge on any atom is 0.326 e. The molecular weight excluding hydrogens is 344 g/mol. The molecule has 0 aliphatic carbocycles. The lowest BCUT2D eigenvalue weighted by Gasteiger charge is -2.34. The molecular formula is C20H30N4O3. The number of nitrogens with one attached hydrogen (secondary N) is 2. The maximum absolute atomic E-state index is 13.0. The molecule has 1 aromatic heterocycles. The number of ketones is 1. The van der Waals surface area contributed by atoms with Crippen LogP contribution in [0.1, 0.15) is 33.3 Å². The highest BCUT2D eigenvalue weighted by Gasteiger charge is 2.45. The third-order valence-electron chi connectivity index (χ3n) is 4.51. The van der Waals surface area contributed by atoms with Crippen LogP contribution in [0.5, 0.6) is 0 Å². The standard InChI is InChI=1S/C20H30N4O3/c1-19(2,3)27-18(26)16(23-5)20(4,22)17(25)14(21)10-12-11-24-15-9-7-6-8-13(12)15/h6-9,11,14,16,23-24H,10,21-22H2,1-5H3/t14-,16?,20?/m0/s1. The minimum atomic E-state index is -1.51. The lowest BCUT2D eigenvalue weighted by atomic mass is 9.83. The van der Waals surface area contributed by atoms with Crippen molar-refractivity contribution in [3.8, 4) is 0 Å². The number of aromatic nitrogens is 1. The molecule has 2 unspecified atom stereocenters. The number of nitrogens with two attached hydrogens (primary N) is 2. The van der Waals surface area contributed by atoms with E-state index in [1.165, 1.54) is 6.92 Å². The summed E-state index contributed by atoms with van der Waals surface area (Å²) in [6.07, 6.45) is 2.16. The number of ether oxygens (including phenoxy) is 1. The average molecular weight is 374 g/mol. The van der Waals surface area contributed by atoms with E-state index in [0.717, 1.165) is 16.5 Å². The van der Waals surface area contributed by atoms with Crippen molar-refractivity contribution in [2.24, 2.45) is 11.5 Å². The molecule has 0 spiro atoms. The van der Waals surface area contributed by atoms with Gasteiger partial charge in [-0.25, -0.2) is 0 Å². The molecule has 0 aliphatic rings. The van der Waals surface area contributed by atoms with Crippen molar-refractivity contribution in [2.45, 2.75) is 57.3 Å². The number of likely N-dealkylation sites (N-methyl/N-ethyl adjacent to an activating group) is 1. The van der Waals surface area contributed by atoms with Gasteiger partial charge in [-0.2, -0.15) is 0 Å². The fourth-order valence-electron chi connectivity index (χ4n) is 3.20. The smallest absolute Gasteiger partial charge is 0.326 e. The normalized spacial score (nSPS) is 16.6. The van der Waals surface area contributed by atoms with Crippen LogP contribution in [0.2, 0.25) is 0 Å². The first kappa shape index (κ1) is 21.1. The van der Waals surface area contributed by atoms with Gasteiger partial charge in [0.25, 0.3) is 0 Å². The molecule has 1 aromatic carbocycles. The lowest BCUT2D eigenvalue weighted by molar-refractivity contribution is -0.160. The molecule has 0 bridgehead atoms. The molecule has 27 heavy (non-hydrogen) atoms. The van der Waals surface area contributed by atoms with Gasteiger partial charge in [-0.1, -0.05) is 18.2 Å². The Hall–Kier alpha value is -2.22. The van der Waals surface area contributed by atoms with Gasteiger partial charge in [0.15, 0.2) is 5.78 Å². The summed E-state index contributed by atoms with van der Waals surface area (Å²) >= 11 is 0. The highest BCUT2D eigenvalue weighted by molar-refractivity contribution is 5.98. The number of esters is 1. The molecule has 6 N–H and O–H groups in total. The molecule has 0 aliphatic heterocycles. The number of H-pyrrole nitrogens is 1. The maximum atomic E-state index is 13.0. The van der Waals surface area contributed by atoms with Crippen molar-refractivity contribution in [1.82, 2.24) is 10.3 Å². The van der Waals surface area contributed by atoms with E-state index >= 15 is 0 Å². The Labute approximate surface area is 159 Å². The second kappa shape index (κ2) is 7.80. The van der Waals surface area contributed by atoms with Gasteiger partial charge in [0, 0.05) is 17.1 Å². The summed E-state index contributed by atoms with van der Waals surface area (Å²) in [6, 6.07) is 5.94. The molecule has 2 rings (SSSR count). The Morgan fingerprint density at radius 2 is 1.85 bits per heavy atom. The largest absolute Gasteiger partial charge is 0.459 e. The van der Waals surface area contributed by atoms with Crippen LogP contribution in [0, 0.1) is 0 Å². The second-order valence-corrected chi connectivity index (χ2v) is 8.07. The first-order valence-corrected chi connectivity index (χ1v) is 9.01. The molecule has 0 amide bonds. The van der Waals surface area contributed by atoms with Gasteiger partial charge < -0.3 is 26.5 Å². The Kier molecular flexibility index (Phi) is 6.09. The quantitative estimate of drug-likeness (QED) is 0.541. The monoisotopic (exact) mass is 374 g/mol. The second-order valence-electron chi connectivity index (χ2n) is 8.07. The van der Waals surface area contributed by atoms with Crippen molar-refractivity contribution in [1.29, 1.82) is 0 Å². The van der Waals surface area contributed by atoms with Gasteiger partial charge in [0.1, 0.15) is 17.2 Å². The van der Waals surface area contributed by atoms with Gasteiger partial charge >= 0.3 is 5.97 Å². The summed E-state index contributed by atoms with van der Waals surface area (Å²) in [6.45, 7) is 6.79. The molecule has 7 nitrogen and oxygen atoms in total. The molecule has 0 saturated carbocycles. The first-order chi connectivity index (χ1) is 12.5. The summed E-state index contributed by atoms with van der Waals surface area (Å²) in [5, 5.41) is 3.82. The van der Waals surface area contributed by atoms with E-state index in [9.17, 15) is 9.59 Å². The number of hydrogen-bond acceptors (Lipinski definition) is 6. The number of Topliss-reactive ketones (excluding diaryl/α,β-unsaturated/α-hetero) is 1. The van der Waals surface area contributed by atoms with Crippen LogP contribution >= 0.6 is 0 Å². The number of benzene rings is 1. The fraction of sp³-hybridized carbons (Fsp3) is 0.500. The number of hydrogen-bond donors (Lipinski definition) is 4. The minimum Gasteiger partial charge on any atom is -0.459 e. The number of carbonyl (C=O) groups excluding carboxylic acids is 2.